The zero-order chi connectivity index (χ0) is 22.5. The predicted octanol–water partition coefficient (Wildman–Crippen LogP) is 5.15. The van der Waals surface area contributed by atoms with Crippen LogP contribution in [0, 0.1) is 0 Å². The molecule has 1 aromatic carbocycles. The van der Waals surface area contributed by atoms with Gasteiger partial charge in [-0.15, -0.1) is 11.3 Å². The molecule has 0 amide bonds. The van der Waals surface area contributed by atoms with Gasteiger partial charge in [0.2, 0.25) is 5.95 Å². The fraction of sp³-hybridized carbons (Fsp3) is 0.458. The molecule has 9 heteroatoms. The Morgan fingerprint density at radius 2 is 1.76 bits per heavy atom. The summed E-state index contributed by atoms with van der Waals surface area (Å²) in [7, 11) is 0. The highest BCUT2D eigenvalue weighted by Gasteiger charge is 2.24. The fourth-order valence-corrected chi connectivity index (χ4v) is 5.57. The summed E-state index contributed by atoms with van der Waals surface area (Å²) >= 11 is 2.82. The molecule has 4 heterocycles. The largest absolute Gasteiger partial charge is 0.487 e. The summed E-state index contributed by atoms with van der Waals surface area (Å²) in [5, 5.41) is 3.33. The minimum atomic E-state index is 0.273. The van der Waals surface area contributed by atoms with Gasteiger partial charge in [0.15, 0.2) is 12.3 Å². The molecule has 0 spiro atoms. The molecule has 2 saturated heterocycles. The van der Waals surface area contributed by atoms with Crippen LogP contribution in [0.15, 0.2) is 42.0 Å². The van der Waals surface area contributed by atoms with E-state index in [1.807, 2.05) is 24.5 Å². The first-order valence-electron chi connectivity index (χ1n) is 11.4. The second kappa shape index (κ2) is 10.8. The van der Waals surface area contributed by atoms with E-state index < -0.39 is 0 Å². The smallest absolute Gasteiger partial charge is 0.225 e. The van der Waals surface area contributed by atoms with E-state index in [2.05, 4.69) is 39.3 Å². The zero-order valence-electron chi connectivity index (χ0n) is 18.7. The molecule has 3 aromatic rings. The summed E-state index contributed by atoms with van der Waals surface area (Å²) in [5.74, 6) is 2.46. The lowest BCUT2D eigenvalue weighted by Gasteiger charge is -2.31. The van der Waals surface area contributed by atoms with Gasteiger partial charge in [0.1, 0.15) is 12.4 Å². The number of anilines is 1. The number of rotatable bonds is 7. The molecule has 5 rings (SSSR count). The second-order valence-corrected chi connectivity index (χ2v) is 9.87. The van der Waals surface area contributed by atoms with Gasteiger partial charge in [-0.25, -0.2) is 15.0 Å². The van der Waals surface area contributed by atoms with Crippen molar-refractivity contribution in [2.75, 3.05) is 31.2 Å². The quantitative estimate of drug-likeness (QED) is 0.427. The third-order valence-electron chi connectivity index (χ3n) is 6.17. The number of ether oxygens (including phenoxy) is 1. The molecule has 0 N–H and O–H groups in total. The van der Waals surface area contributed by atoms with Crippen molar-refractivity contribution in [3.63, 3.8) is 0 Å². The van der Waals surface area contributed by atoms with Crippen molar-refractivity contribution in [3.8, 4) is 5.75 Å². The number of benzene rings is 1. The molecule has 2 aromatic heterocycles. The number of nitrogens with zero attached hydrogens (tertiary/aromatic N) is 4. The highest BCUT2D eigenvalue weighted by atomic mass is 32.2. The Kier molecular flexibility index (Phi) is 7.40. The van der Waals surface area contributed by atoms with E-state index in [4.69, 9.17) is 18.1 Å². The number of thiazole rings is 1. The molecule has 7 nitrogen and oxygen atoms in total. The summed E-state index contributed by atoms with van der Waals surface area (Å²) in [6, 6.07) is 8.19. The number of hydrogen-bond acceptors (Lipinski definition) is 9. The molecule has 2 aliphatic heterocycles. The first kappa shape index (κ1) is 22.6. The van der Waals surface area contributed by atoms with Crippen LogP contribution in [-0.2, 0) is 21.4 Å². The third-order valence-corrected chi connectivity index (χ3v) is 7.69. The van der Waals surface area contributed by atoms with Gasteiger partial charge < -0.3 is 9.64 Å². The summed E-state index contributed by atoms with van der Waals surface area (Å²) < 4.78 is 16.6. The van der Waals surface area contributed by atoms with Gasteiger partial charge in [0.25, 0.3) is 0 Å². The molecule has 33 heavy (non-hydrogen) atoms. The highest BCUT2D eigenvalue weighted by molar-refractivity contribution is 7.89. The molecule has 0 bridgehead atoms. The van der Waals surface area contributed by atoms with Gasteiger partial charge in [-0.05, 0) is 42.5 Å². The van der Waals surface area contributed by atoms with Crippen LogP contribution in [0.1, 0.15) is 53.4 Å². The highest BCUT2D eigenvalue weighted by Crippen LogP contribution is 2.32. The predicted molar refractivity (Wildman–Crippen MR) is 131 cm³/mol. The van der Waals surface area contributed by atoms with Crippen molar-refractivity contribution >= 4 is 29.6 Å². The maximum absolute atomic E-state index is 5.98. The maximum Gasteiger partial charge on any atom is 0.225 e. The van der Waals surface area contributed by atoms with Crippen molar-refractivity contribution in [1.29, 1.82) is 0 Å². The van der Waals surface area contributed by atoms with Crippen LogP contribution in [0.4, 0.5) is 5.95 Å². The number of aromatic nitrogens is 3. The topological polar surface area (TPSA) is 69.6 Å². The van der Waals surface area contributed by atoms with Crippen molar-refractivity contribution in [3.05, 3.63) is 63.9 Å². The average molecular weight is 485 g/mol. The van der Waals surface area contributed by atoms with Gasteiger partial charge in [-0.2, -0.15) is 0 Å². The lowest BCUT2D eigenvalue weighted by molar-refractivity contribution is 0.187. The van der Waals surface area contributed by atoms with E-state index in [1.54, 1.807) is 11.3 Å². The van der Waals surface area contributed by atoms with Gasteiger partial charge in [-0.3, -0.25) is 8.37 Å². The van der Waals surface area contributed by atoms with Crippen LogP contribution < -0.4 is 9.64 Å². The molecule has 0 atom stereocenters. The summed E-state index contributed by atoms with van der Waals surface area (Å²) in [5.41, 5.74) is 3.37. The standard InChI is InChI=1S/C24H28N4O3S2/c1-2-17-11-25-24(26-12-17)28-9-7-19(8-10-28)23-27-21(16-32-23)15-29-22-5-3-18(4-6-22)20-13-30-33-31-14-20/h3-6,11-12,16,19-20H,2,7-10,13-15H2,1H3. The van der Waals surface area contributed by atoms with Crippen LogP contribution in [0.25, 0.3) is 0 Å². The van der Waals surface area contributed by atoms with E-state index in [0.29, 0.717) is 25.7 Å². The molecule has 2 fully saturated rings. The molecule has 2 aliphatic rings. The molecular weight excluding hydrogens is 456 g/mol. The Morgan fingerprint density at radius 1 is 1.03 bits per heavy atom. The molecule has 0 aliphatic carbocycles. The SMILES string of the molecule is CCc1cnc(N2CCC(c3nc(COc4ccc(C5COSOC5)cc4)cs3)CC2)nc1. The Hall–Kier alpha value is -2.20. The average Bonchev–Trinajstić information content (AvgIpc) is 3.38. The number of hydrogen-bond donors (Lipinski definition) is 0. The number of piperidine rings is 1. The van der Waals surface area contributed by atoms with E-state index in [-0.39, 0.29) is 5.92 Å². The van der Waals surface area contributed by atoms with Gasteiger partial charge >= 0.3 is 0 Å². The molecular formula is C24H28N4O3S2. The Bertz CT molecular complexity index is 1010. The van der Waals surface area contributed by atoms with Gasteiger partial charge in [0, 0.05) is 42.7 Å². The summed E-state index contributed by atoms with van der Waals surface area (Å²) in [6.45, 7) is 5.87. The van der Waals surface area contributed by atoms with Crippen LogP contribution in [0.2, 0.25) is 0 Å². The summed E-state index contributed by atoms with van der Waals surface area (Å²) in [4.78, 5) is 16.2. The summed E-state index contributed by atoms with van der Waals surface area (Å²) in [6.07, 6.45) is 6.98. The zero-order valence-corrected chi connectivity index (χ0v) is 20.3. The Labute approximate surface area is 202 Å². The van der Waals surface area contributed by atoms with Crippen LogP contribution in [-0.4, -0.2) is 41.3 Å². The van der Waals surface area contributed by atoms with Gasteiger partial charge in [0.05, 0.1) is 23.9 Å². The van der Waals surface area contributed by atoms with Crippen molar-refractivity contribution in [1.82, 2.24) is 15.0 Å². The lowest BCUT2D eigenvalue weighted by atomic mass is 9.98. The first-order chi connectivity index (χ1) is 16.3. The van der Waals surface area contributed by atoms with E-state index in [9.17, 15) is 0 Å². The van der Waals surface area contributed by atoms with Crippen LogP contribution >= 0.6 is 23.7 Å². The Morgan fingerprint density at radius 3 is 2.45 bits per heavy atom. The fourth-order valence-electron chi connectivity index (χ4n) is 4.08. The van der Waals surface area contributed by atoms with Crippen LogP contribution in [0.3, 0.4) is 0 Å². The first-order valence-corrected chi connectivity index (χ1v) is 13.0. The van der Waals surface area contributed by atoms with E-state index in [1.165, 1.54) is 16.1 Å². The molecule has 174 valence electrons. The van der Waals surface area contributed by atoms with Crippen molar-refractivity contribution in [2.45, 2.75) is 44.6 Å². The Balaban J connectivity index is 1.11. The monoisotopic (exact) mass is 484 g/mol. The molecule has 0 radical (unpaired) electrons. The van der Waals surface area contributed by atoms with E-state index >= 15 is 0 Å². The van der Waals surface area contributed by atoms with Gasteiger partial charge in [-0.1, -0.05) is 19.1 Å². The normalized spacial score (nSPS) is 17.9. The van der Waals surface area contributed by atoms with Crippen molar-refractivity contribution < 1.29 is 13.1 Å². The molecule has 0 saturated carbocycles. The third kappa shape index (κ3) is 5.66. The van der Waals surface area contributed by atoms with E-state index in [0.717, 1.165) is 62.1 Å². The van der Waals surface area contributed by atoms with Crippen LogP contribution in [0.5, 0.6) is 5.75 Å². The lowest BCUT2D eigenvalue weighted by Crippen LogP contribution is -2.34. The van der Waals surface area contributed by atoms with Crippen molar-refractivity contribution in [2.24, 2.45) is 0 Å². The second-order valence-electron chi connectivity index (χ2n) is 8.37. The number of aryl methyl sites for hydroxylation is 1. The minimum Gasteiger partial charge on any atom is -0.487 e. The minimum absolute atomic E-state index is 0.273. The maximum atomic E-state index is 5.98. The molecule has 0 unspecified atom stereocenters.